The van der Waals surface area contributed by atoms with E-state index in [1.54, 1.807) is 25.1 Å². The van der Waals surface area contributed by atoms with Gasteiger partial charge in [-0.05, 0) is 119 Å². The third-order valence-electron chi connectivity index (χ3n) is 9.25. The van der Waals surface area contributed by atoms with Crippen molar-refractivity contribution in [2.24, 2.45) is 0 Å². The van der Waals surface area contributed by atoms with Crippen LogP contribution in [0.2, 0.25) is 0 Å². The first-order valence-corrected chi connectivity index (χ1v) is 19.6. The van der Waals surface area contributed by atoms with Crippen LogP contribution >= 0.6 is 0 Å². The normalized spacial score (nSPS) is 12.9. The van der Waals surface area contributed by atoms with Gasteiger partial charge in [0.05, 0.1) is 15.5 Å². The predicted octanol–water partition coefficient (Wildman–Crippen LogP) is -0.103. The summed E-state index contributed by atoms with van der Waals surface area (Å²) in [6.45, 7) is 2.29. The number of anilines is 5. The summed E-state index contributed by atoms with van der Waals surface area (Å²) < 4.78 is 72.5. The molecule has 5 aliphatic rings. The Morgan fingerprint density at radius 2 is 1.24 bits per heavy atom. The molecule has 6 aromatic rings. The quantitative estimate of drug-likeness (QED) is 0.0904. The number of fused-ring (bicyclic) bond motifs is 1. The van der Waals surface area contributed by atoms with Gasteiger partial charge >= 0.3 is 59.1 Å². The predicted molar refractivity (Wildman–Crippen MR) is 205 cm³/mol. The third kappa shape index (κ3) is 9.97. The van der Waals surface area contributed by atoms with E-state index in [1.165, 1.54) is 23.8 Å². The van der Waals surface area contributed by atoms with Crippen molar-refractivity contribution in [2.45, 2.75) is 29.6 Å². The van der Waals surface area contributed by atoms with Crippen LogP contribution in [0.15, 0.2) is 143 Å². The number of hydrogen-bond acceptors (Lipinski definition) is 9. The molecule has 11 rings (SSSR count). The monoisotopic (exact) mass is 789 g/mol. The zero-order valence-electron chi connectivity index (χ0n) is 30.6. The average molecular weight is 790 g/mol. The summed E-state index contributed by atoms with van der Waals surface area (Å²) in [4.78, 5) is -0.740. The Morgan fingerprint density at radius 3 is 1.80 bits per heavy atom. The first kappa shape index (κ1) is 42.4. The standard InChI is InChI=1S/C41H36N4O6S2.2Na/c1-27-25-35(26-39(41(27)42)53(49,50)51)44-34-16-8-30(9-17-34)40-29-6-14-33(15-7-29)43-32-12-4-28(5-13-32)3-2-24-45(36-18-10-31(40)11-19-36)37-20-22-38(23-21-37)52(46,47)48;;/h4-23,25-26H,2-3,24,42H2,1H3,(H3,43,44,46,47,48,49,50,51);;/q;2*+1/p-1. The van der Waals surface area contributed by atoms with Gasteiger partial charge in [0.1, 0.15) is 26.8 Å². The van der Waals surface area contributed by atoms with Crippen LogP contribution in [0.5, 0.6) is 0 Å². The summed E-state index contributed by atoms with van der Waals surface area (Å²) >= 11 is 0. The van der Waals surface area contributed by atoms with Gasteiger partial charge in [-0.2, -0.15) is 4.58 Å². The largest absolute Gasteiger partial charge is 1.00 e. The van der Waals surface area contributed by atoms with Crippen LogP contribution in [0.25, 0.3) is 5.57 Å². The molecule has 6 aromatic carbocycles. The van der Waals surface area contributed by atoms with Gasteiger partial charge in [0, 0.05) is 53.4 Å². The maximum absolute atomic E-state index is 11.8. The molecule has 55 heavy (non-hydrogen) atoms. The Bertz CT molecular complexity index is 2670. The average Bonchev–Trinajstić information content (AvgIpc) is 3.13. The molecule has 14 heteroatoms. The zero-order valence-corrected chi connectivity index (χ0v) is 36.2. The van der Waals surface area contributed by atoms with E-state index in [9.17, 15) is 25.9 Å². The summed E-state index contributed by atoms with van der Waals surface area (Å²) in [5.41, 5.74) is 14.1. The summed E-state index contributed by atoms with van der Waals surface area (Å²) in [6.07, 6.45) is 1.65. The Kier molecular flexibility index (Phi) is 13.5. The molecule has 6 bridgehead atoms. The molecule has 5 heterocycles. The van der Waals surface area contributed by atoms with Crippen molar-refractivity contribution in [3.63, 3.8) is 0 Å². The maximum atomic E-state index is 11.8. The number of nitrogens with one attached hydrogen (secondary N) is 2. The second-order valence-corrected chi connectivity index (χ2v) is 15.6. The molecule has 0 saturated heterocycles. The van der Waals surface area contributed by atoms with Crippen molar-refractivity contribution >= 4 is 59.9 Å². The fourth-order valence-electron chi connectivity index (χ4n) is 6.52. The molecule has 0 saturated carbocycles. The molecule has 0 amide bonds. The summed E-state index contributed by atoms with van der Waals surface area (Å²) in [5.74, 6) is 0. The van der Waals surface area contributed by atoms with Gasteiger partial charge in [-0.1, -0.05) is 36.4 Å². The molecular weight excluding hydrogens is 755 g/mol. The first-order valence-electron chi connectivity index (χ1n) is 16.8. The van der Waals surface area contributed by atoms with E-state index in [0.29, 0.717) is 23.5 Å². The van der Waals surface area contributed by atoms with Crippen LogP contribution in [0.3, 0.4) is 0 Å². The molecule has 10 nitrogen and oxygen atoms in total. The van der Waals surface area contributed by atoms with E-state index in [1.807, 2.05) is 48.5 Å². The van der Waals surface area contributed by atoms with E-state index in [2.05, 4.69) is 63.7 Å². The van der Waals surface area contributed by atoms with E-state index in [4.69, 9.17) is 5.73 Å². The van der Waals surface area contributed by atoms with Crippen molar-refractivity contribution in [3.05, 3.63) is 166 Å². The van der Waals surface area contributed by atoms with Gasteiger partial charge < -0.3 is 25.5 Å². The molecule has 268 valence electrons. The molecule has 0 fully saturated rings. The molecule has 0 aliphatic carbocycles. The fraction of sp³-hybridized carbons (Fsp3) is 0.0976. The summed E-state index contributed by atoms with van der Waals surface area (Å²) in [7, 11) is -9.34. The first-order chi connectivity index (χ1) is 25.3. The number of nitrogens with zero attached hydrogens (tertiary/aromatic N) is 1. The van der Waals surface area contributed by atoms with Crippen molar-refractivity contribution < 1.29 is 85.1 Å². The number of benzene rings is 6. The molecule has 4 N–H and O–H groups in total. The summed E-state index contributed by atoms with van der Waals surface area (Å²) in [5, 5.41) is 8.53. The second kappa shape index (κ2) is 17.6. The topological polar surface area (TPSA) is 167 Å². The molecule has 0 spiro atoms. The Balaban J connectivity index is 0.00000290. The van der Waals surface area contributed by atoms with E-state index < -0.39 is 25.1 Å². The van der Waals surface area contributed by atoms with Gasteiger partial charge in [-0.15, -0.1) is 0 Å². The Morgan fingerprint density at radius 1 is 0.673 bits per heavy atom. The van der Waals surface area contributed by atoms with Gasteiger partial charge in [0.15, 0.2) is 0 Å². The Labute approximate surface area is 364 Å². The third-order valence-corrected chi connectivity index (χ3v) is 11.0. The number of rotatable bonds is 6. The SMILES string of the molecule is Cc1cc(Nc2ccc(C3=c4ccc(cc4)=[N+](c4ccc(S(=O)(=O)[O-])cc4)CCCc4ccc(cc4)Nc4ccc3cc4)cc2)cc(S(=O)(=O)[O-])c1N.[Na+].[Na+]. The minimum atomic E-state index is -4.76. The van der Waals surface area contributed by atoms with Crippen LogP contribution in [0.4, 0.5) is 34.1 Å². The zero-order chi connectivity index (χ0) is 37.3. The number of nitrogen functional groups attached to an aromatic ring is 1. The van der Waals surface area contributed by atoms with Gasteiger partial charge in [0.25, 0.3) is 0 Å². The van der Waals surface area contributed by atoms with Gasteiger partial charge in [0.2, 0.25) is 11.0 Å². The van der Waals surface area contributed by atoms with E-state index in [-0.39, 0.29) is 69.7 Å². The van der Waals surface area contributed by atoms with Crippen molar-refractivity contribution in [3.8, 4) is 0 Å². The molecular formula is C41H35N4Na2O6S2+. The van der Waals surface area contributed by atoms with E-state index in [0.717, 1.165) is 57.2 Å². The number of nitrogens with two attached hydrogens (primary N) is 1. The van der Waals surface area contributed by atoms with E-state index >= 15 is 0 Å². The van der Waals surface area contributed by atoms with Gasteiger partial charge in [-0.3, -0.25) is 0 Å². The summed E-state index contributed by atoms with van der Waals surface area (Å²) in [6, 6.07) is 41.3. The smallest absolute Gasteiger partial charge is 0.744 e. The van der Waals surface area contributed by atoms with Crippen molar-refractivity contribution in [1.82, 2.24) is 4.58 Å². The Hall–Kier alpha value is -3.79. The minimum absolute atomic E-state index is 0. The second-order valence-electron chi connectivity index (χ2n) is 12.9. The fourth-order valence-corrected chi connectivity index (χ4v) is 7.69. The maximum Gasteiger partial charge on any atom is 1.00 e. The molecule has 0 atom stereocenters. The minimum Gasteiger partial charge on any atom is -0.744 e. The van der Waals surface area contributed by atoms with Crippen LogP contribution in [-0.4, -0.2) is 32.5 Å². The number of aryl methyl sites for hydroxylation is 2. The van der Waals surface area contributed by atoms with Crippen molar-refractivity contribution in [1.29, 1.82) is 0 Å². The van der Waals surface area contributed by atoms with Gasteiger partial charge in [-0.25, -0.2) is 16.8 Å². The van der Waals surface area contributed by atoms with Crippen LogP contribution in [0, 0.1) is 6.92 Å². The van der Waals surface area contributed by atoms with Crippen LogP contribution in [-0.2, 0) is 26.7 Å². The molecule has 0 radical (unpaired) electrons. The van der Waals surface area contributed by atoms with Crippen LogP contribution < -0.4 is 90.6 Å². The molecule has 5 aliphatic heterocycles. The molecule has 0 unspecified atom stereocenters. The number of hydrogen-bond donors (Lipinski definition) is 3. The van der Waals surface area contributed by atoms with Crippen molar-refractivity contribution in [2.75, 3.05) is 22.9 Å². The molecule has 0 aromatic heterocycles. The van der Waals surface area contributed by atoms with Crippen LogP contribution in [0.1, 0.15) is 28.7 Å².